The van der Waals surface area contributed by atoms with Crippen LogP contribution >= 0.6 is 0 Å². The lowest BCUT2D eigenvalue weighted by Crippen LogP contribution is -2.41. The molecule has 0 amide bonds. The van der Waals surface area contributed by atoms with Gasteiger partial charge in [-0.2, -0.15) is 0 Å². The number of oxazole rings is 1. The molecule has 0 unspecified atom stereocenters. The Morgan fingerprint density at radius 1 is 1.15 bits per heavy atom. The molecule has 1 aliphatic rings. The predicted octanol–water partition coefficient (Wildman–Crippen LogP) is 1.56. The number of hydrogen-bond donors (Lipinski definition) is 1. The molecule has 5 nitrogen and oxygen atoms in total. The minimum atomic E-state index is -0.914. The van der Waals surface area contributed by atoms with Gasteiger partial charge < -0.3 is 13.7 Å². The average molecular weight is 279 g/mol. The average Bonchev–Trinajstić information content (AvgIpc) is 2.76. The van der Waals surface area contributed by atoms with Gasteiger partial charge in [-0.05, 0) is 39.8 Å². The third kappa shape index (κ3) is 1.81. The Bertz CT molecular complexity index is 718. The fourth-order valence-electron chi connectivity index (χ4n) is 2.19. The third-order valence-electron chi connectivity index (χ3n) is 4.06. The summed E-state index contributed by atoms with van der Waals surface area (Å²) in [7, 11) is -0.914. The Labute approximate surface area is 115 Å². The molecule has 3 rings (SSSR count). The molecule has 1 fully saturated rings. The van der Waals surface area contributed by atoms with Gasteiger partial charge in [0.15, 0.2) is 5.58 Å². The predicted molar refractivity (Wildman–Crippen MR) is 72.5 cm³/mol. The quantitative estimate of drug-likeness (QED) is 0.804. The van der Waals surface area contributed by atoms with Gasteiger partial charge >= 0.3 is 12.9 Å². The molecule has 0 bridgehead atoms. The molecule has 7 heteroatoms. The Hall–Kier alpha value is -1.60. The van der Waals surface area contributed by atoms with Gasteiger partial charge in [0, 0.05) is 0 Å². The standard InChI is InChI=1S/C13H15BFNO4/c1-12(2)13(3,4)20-14(19-12)9-7(15)5-6-8-10(9)18-11(17)16-8/h5-6H,1-4H3,(H,16,17). The Kier molecular flexibility index (Phi) is 2.65. The fraction of sp³-hybridized carbons (Fsp3) is 0.462. The van der Waals surface area contributed by atoms with E-state index in [-0.39, 0.29) is 11.0 Å². The van der Waals surface area contributed by atoms with Crippen LogP contribution in [0.15, 0.2) is 21.3 Å². The molecule has 1 N–H and O–H groups in total. The van der Waals surface area contributed by atoms with Gasteiger partial charge in [-0.15, -0.1) is 0 Å². The zero-order chi connectivity index (χ0) is 14.7. The van der Waals surface area contributed by atoms with E-state index in [0.29, 0.717) is 5.52 Å². The summed E-state index contributed by atoms with van der Waals surface area (Å²) in [5.41, 5.74) is -0.528. The first kappa shape index (κ1) is 13.4. The number of benzene rings is 1. The number of H-pyrrole nitrogens is 1. The minimum absolute atomic E-state index is 0.111. The van der Waals surface area contributed by atoms with Gasteiger partial charge in [-0.25, -0.2) is 9.18 Å². The highest BCUT2D eigenvalue weighted by molar-refractivity contribution is 6.64. The Balaban J connectivity index is 2.16. The van der Waals surface area contributed by atoms with Crippen molar-refractivity contribution in [1.82, 2.24) is 4.98 Å². The number of fused-ring (bicyclic) bond motifs is 1. The van der Waals surface area contributed by atoms with E-state index in [1.807, 2.05) is 27.7 Å². The number of halogens is 1. The second-order valence-electron chi connectivity index (χ2n) is 5.94. The maximum absolute atomic E-state index is 14.1. The van der Waals surface area contributed by atoms with Crippen molar-refractivity contribution in [3.63, 3.8) is 0 Å². The molecule has 1 aromatic carbocycles. The maximum Gasteiger partial charge on any atom is 0.501 e. The lowest BCUT2D eigenvalue weighted by Gasteiger charge is -2.32. The van der Waals surface area contributed by atoms with E-state index in [1.165, 1.54) is 12.1 Å². The van der Waals surface area contributed by atoms with Crippen molar-refractivity contribution in [2.75, 3.05) is 0 Å². The first-order chi connectivity index (χ1) is 9.21. The highest BCUT2D eigenvalue weighted by atomic mass is 19.1. The third-order valence-corrected chi connectivity index (χ3v) is 4.06. The summed E-state index contributed by atoms with van der Waals surface area (Å²) < 4.78 is 30.8. The number of rotatable bonds is 1. The normalized spacial score (nSPS) is 20.8. The van der Waals surface area contributed by atoms with Crippen molar-refractivity contribution in [2.24, 2.45) is 0 Å². The lowest BCUT2D eigenvalue weighted by atomic mass is 9.78. The van der Waals surface area contributed by atoms with Crippen LogP contribution in [0.4, 0.5) is 4.39 Å². The lowest BCUT2D eigenvalue weighted by molar-refractivity contribution is 0.00578. The van der Waals surface area contributed by atoms with E-state index >= 15 is 0 Å². The van der Waals surface area contributed by atoms with Crippen molar-refractivity contribution in [2.45, 2.75) is 38.9 Å². The Morgan fingerprint density at radius 3 is 2.35 bits per heavy atom. The fourth-order valence-corrected chi connectivity index (χ4v) is 2.19. The van der Waals surface area contributed by atoms with Crippen molar-refractivity contribution in [1.29, 1.82) is 0 Å². The van der Waals surface area contributed by atoms with Crippen molar-refractivity contribution < 1.29 is 18.1 Å². The number of aromatic amines is 1. The van der Waals surface area contributed by atoms with Crippen LogP contribution in [-0.2, 0) is 9.31 Å². The van der Waals surface area contributed by atoms with E-state index in [4.69, 9.17) is 13.7 Å². The van der Waals surface area contributed by atoms with Crippen LogP contribution in [0.2, 0.25) is 0 Å². The highest BCUT2D eigenvalue weighted by Crippen LogP contribution is 2.37. The number of aromatic nitrogens is 1. The van der Waals surface area contributed by atoms with Crippen molar-refractivity contribution >= 4 is 23.7 Å². The molecular weight excluding hydrogens is 264 g/mol. The zero-order valence-corrected chi connectivity index (χ0v) is 11.7. The molecule has 0 atom stereocenters. The molecule has 106 valence electrons. The first-order valence-corrected chi connectivity index (χ1v) is 6.38. The monoisotopic (exact) mass is 279 g/mol. The van der Waals surface area contributed by atoms with Crippen LogP contribution in [0.3, 0.4) is 0 Å². The van der Waals surface area contributed by atoms with Crippen LogP contribution < -0.4 is 11.2 Å². The smallest absolute Gasteiger partial charge is 0.408 e. The summed E-state index contributed by atoms with van der Waals surface area (Å²) >= 11 is 0. The van der Waals surface area contributed by atoms with Crippen LogP contribution in [0, 0.1) is 5.82 Å². The summed E-state index contributed by atoms with van der Waals surface area (Å²) in [6, 6.07) is 2.71. The van der Waals surface area contributed by atoms with E-state index in [9.17, 15) is 9.18 Å². The minimum Gasteiger partial charge on any atom is -0.408 e. The molecule has 1 aromatic heterocycles. The summed E-state index contributed by atoms with van der Waals surface area (Å²) in [6.07, 6.45) is 0. The molecule has 0 saturated carbocycles. The molecule has 0 spiro atoms. The van der Waals surface area contributed by atoms with Crippen LogP contribution in [0.1, 0.15) is 27.7 Å². The van der Waals surface area contributed by atoms with Gasteiger partial charge in [-0.1, -0.05) is 0 Å². The first-order valence-electron chi connectivity index (χ1n) is 6.38. The van der Waals surface area contributed by atoms with Gasteiger partial charge in [-0.3, -0.25) is 4.98 Å². The van der Waals surface area contributed by atoms with Crippen LogP contribution in [0.5, 0.6) is 0 Å². The van der Waals surface area contributed by atoms with E-state index in [2.05, 4.69) is 4.98 Å². The topological polar surface area (TPSA) is 64.5 Å². The van der Waals surface area contributed by atoms with Gasteiger partial charge in [0.1, 0.15) is 5.82 Å². The Morgan fingerprint density at radius 2 is 1.75 bits per heavy atom. The molecule has 0 radical (unpaired) electrons. The van der Waals surface area contributed by atoms with Crippen molar-refractivity contribution in [3.8, 4) is 0 Å². The number of nitrogens with one attached hydrogen (secondary N) is 1. The molecule has 2 heterocycles. The zero-order valence-electron chi connectivity index (χ0n) is 11.7. The summed E-state index contributed by atoms with van der Waals surface area (Å²) in [4.78, 5) is 13.8. The second-order valence-corrected chi connectivity index (χ2v) is 5.94. The summed E-state index contributed by atoms with van der Waals surface area (Å²) in [5.74, 6) is -1.16. The highest BCUT2D eigenvalue weighted by Gasteiger charge is 2.53. The maximum atomic E-state index is 14.1. The molecule has 1 saturated heterocycles. The molecule has 0 aliphatic carbocycles. The molecule has 1 aliphatic heterocycles. The van der Waals surface area contributed by atoms with E-state index in [0.717, 1.165) is 0 Å². The van der Waals surface area contributed by atoms with Crippen molar-refractivity contribution in [3.05, 3.63) is 28.5 Å². The summed E-state index contributed by atoms with van der Waals surface area (Å²) in [5, 5.41) is 0. The molecular formula is C13H15BFNO4. The van der Waals surface area contributed by atoms with Crippen LogP contribution in [-0.4, -0.2) is 23.3 Å². The summed E-state index contributed by atoms with van der Waals surface area (Å²) in [6.45, 7) is 7.49. The van der Waals surface area contributed by atoms with E-state index in [1.54, 1.807) is 0 Å². The SMILES string of the molecule is CC1(C)OB(c2c(F)ccc3[nH]c(=O)oc23)OC1(C)C. The second kappa shape index (κ2) is 3.96. The van der Waals surface area contributed by atoms with Gasteiger partial charge in [0.25, 0.3) is 0 Å². The van der Waals surface area contributed by atoms with Gasteiger partial charge in [0.05, 0.1) is 22.2 Å². The largest absolute Gasteiger partial charge is 0.501 e. The van der Waals surface area contributed by atoms with E-state index < -0.39 is 29.9 Å². The molecule has 20 heavy (non-hydrogen) atoms. The van der Waals surface area contributed by atoms with Gasteiger partial charge in [0.2, 0.25) is 0 Å². The van der Waals surface area contributed by atoms with Crippen LogP contribution in [0.25, 0.3) is 11.1 Å². The molecule has 2 aromatic rings. The number of hydrogen-bond acceptors (Lipinski definition) is 4.